The average Bonchev–Trinajstić information content (AvgIpc) is 2.54. The highest BCUT2D eigenvalue weighted by molar-refractivity contribution is 5.02. The summed E-state index contributed by atoms with van der Waals surface area (Å²) in [6.45, 7) is 2.03. The van der Waals surface area contributed by atoms with E-state index < -0.39 is 0 Å². The molecule has 1 aromatic heterocycles. The van der Waals surface area contributed by atoms with Gasteiger partial charge in [-0.05, 0) is 26.2 Å². The summed E-state index contributed by atoms with van der Waals surface area (Å²) >= 11 is 0. The standard InChI is InChI=1S/C10H14N2/c1-9-7-12(8-11-9)10-5-3-2-4-6-10/h3,5,7-8,10H,2,4,6H2,1H3. The zero-order chi connectivity index (χ0) is 8.39. The van der Waals surface area contributed by atoms with Crippen LogP contribution >= 0.6 is 0 Å². The molecule has 0 bridgehead atoms. The molecule has 1 heterocycles. The third-order valence-electron chi connectivity index (χ3n) is 2.34. The molecular weight excluding hydrogens is 148 g/mol. The maximum absolute atomic E-state index is 4.22. The highest BCUT2D eigenvalue weighted by Crippen LogP contribution is 2.21. The van der Waals surface area contributed by atoms with E-state index in [1.54, 1.807) is 0 Å². The van der Waals surface area contributed by atoms with E-state index in [0.29, 0.717) is 6.04 Å². The van der Waals surface area contributed by atoms with E-state index >= 15 is 0 Å². The Labute approximate surface area is 72.9 Å². The molecular formula is C10H14N2. The number of aromatic nitrogens is 2. The van der Waals surface area contributed by atoms with Crippen LogP contribution in [0.2, 0.25) is 0 Å². The van der Waals surface area contributed by atoms with Gasteiger partial charge in [0, 0.05) is 6.20 Å². The van der Waals surface area contributed by atoms with Crippen LogP contribution < -0.4 is 0 Å². The molecule has 1 atom stereocenters. The number of rotatable bonds is 1. The summed E-state index contributed by atoms with van der Waals surface area (Å²) in [4.78, 5) is 4.22. The molecule has 2 rings (SSSR count). The zero-order valence-electron chi connectivity index (χ0n) is 7.40. The van der Waals surface area contributed by atoms with Crippen LogP contribution in [0, 0.1) is 6.92 Å². The van der Waals surface area contributed by atoms with Gasteiger partial charge in [0.2, 0.25) is 0 Å². The fourth-order valence-corrected chi connectivity index (χ4v) is 1.66. The predicted molar refractivity (Wildman–Crippen MR) is 49.0 cm³/mol. The molecule has 2 nitrogen and oxygen atoms in total. The molecule has 0 saturated heterocycles. The van der Waals surface area contributed by atoms with Crippen LogP contribution in [0.25, 0.3) is 0 Å². The van der Waals surface area contributed by atoms with Gasteiger partial charge in [-0.25, -0.2) is 4.98 Å². The first-order chi connectivity index (χ1) is 5.86. The lowest BCUT2D eigenvalue weighted by Crippen LogP contribution is -2.06. The minimum Gasteiger partial charge on any atom is -0.330 e. The van der Waals surface area contributed by atoms with E-state index in [2.05, 4.69) is 27.9 Å². The van der Waals surface area contributed by atoms with Gasteiger partial charge in [-0.3, -0.25) is 0 Å². The Morgan fingerprint density at radius 2 is 2.50 bits per heavy atom. The summed E-state index contributed by atoms with van der Waals surface area (Å²) < 4.78 is 2.20. The molecule has 0 saturated carbocycles. The Morgan fingerprint density at radius 3 is 3.08 bits per heavy atom. The number of aryl methyl sites for hydroxylation is 1. The Kier molecular flexibility index (Phi) is 1.98. The minimum atomic E-state index is 0.556. The average molecular weight is 162 g/mol. The molecule has 1 unspecified atom stereocenters. The summed E-state index contributed by atoms with van der Waals surface area (Å²) in [6, 6.07) is 0.556. The molecule has 12 heavy (non-hydrogen) atoms. The van der Waals surface area contributed by atoms with Crippen LogP contribution in [-0.2, 0) is 0 Å². The summed E-state index contributed by atoms with van der Waals surface area (Å²) in [5.41, 5.74) is 1.11. The molecule has 0 spiro atoms. The van der Waals surface area contributed by atoms with E-state index in [1.165, 1.54) is 19.3 Å². The minimum absolute atomic E-state index is 0.556. The first kappa shape index (κ1) is 7.59. The summed E-state index contributed by atoms with van der Waals surface area (Å²) in [7, 11) is 0. The normalized spacial score (nSPS) is 22.9. The van der Waals surface area contributed by atoms with Gasteiger partial charge in [-0.2, -0.15) is 0 Å². The van der Waals surface area contributed by atoms with Crippen LogP contribution in [0.4, 0.5) is 0 Å². The molecule has 0 aromatic carbocycles. The van der Waals surface area contributed by atoms with Gasteiger partial charge >= 0.3 is 0 Å². The van der Waals surface area contributed by atoms with Crippen LogP contribution in [0.15, 0.2) is 24.7 Å². The zero-order valence-corrected chi connectivity index (χ0v) is 7.40. The predicted octanol–water partition coefficient (Wildman–Crippen LogP) is 2.47. The molecule has 1 aromatic rings. The van der Waals surface area contributed by atoms with Gasteiger partial charge in [-0.1, -0.05) is 12.2 Å². The molecule has 64 valence electrons. The van der Waals surface area contributed by atoms with Gasteiger partial charge < -0.3 is 4.57 Å². The smallest absolute Gasteiger partial charge is 0.0954 e. The first-order valence-electron chi connectivity index (χ1n) is 4.53. The van der Waals surface area contributed by atoms with Gasteiger partial charge in [0.05, 0.1) is 18.1 Å². The van der Waals surface area contributed by atoms with Crippen molar-refractivity contribution < 1.29 is 0 Å². The van der Waals surface area contributed by atoms with Crippen LogP contribution in [0.5, 0.6) is 0 Å². The van der Waals surface area contributed by atoms with Crippen molar-refractivity contribution in [3.8, 4) is 0 Å². The van der Waals surface area contributed by atoms with Crippen molar-refractivity contribution in [2.75, 3.05) is 0 Å². The Morgan fingerprint density at radius 1 is 1.58 bits per heavy atom. The van der Waals surface area contributed by atoms with E-state index in [-0.39, 0.29) is 0 Å². The molecule has 0 amide bonds. The van der Waals surface area contributed by atoms with Crippen molar-refractivity contribution in [1.82, 2.24) is 9.55 Å². The van der Waals surface area contributed by atoms with Crippen molar-refractivity contribution >= 4 is 0 Å². The largest absolute Gasteiger partial charge is 0.330 e. The summed E-state index contributed by atoms with van der Waals surface area (Å²) in [6.07, 6.45) is 12.4. The Hall–Kier alpha value is -1.05. The monoisotopic (exact) mass is 162 g/mol. The number of nitrogens with zero attached hydrogens (tertiary/aromatic N) is 2. The Bertz CT molecular complexity index is 286. The number of hydrogen-bond acceptors (Lipinski definition) is 1. The van der Waals surface area contributed by atoms with Crippen molar-refractivity contribution in [1.29, 1.82) is 0 Å². The van der Waals surface area contributed by atoms with Crippen LogP contribution in [0.3, 0.4) is 0 Å². The number of hydrogen-bond donors (Lipinski definition) is 0. The van der Waals surface area contributed by atoms with Gasteiger partial charge in [-0.15, -0.1) is 0 Å². The summed E-state index contributed by atoms with van der Waals surface area (Å²) in [5.74, 6) is 0. The van der Waals surface area contributed by atoms with Crippen molar-refractivity contribution in [2.45, 2.75) is 32.2 Å². The molecule has 2 heteroatoms. The topological polar surface area (TPSA) is 17.8 Å². The van der Waals surface area contributed by atoms with E-state index in [1.807, 2.05) is 13.3 Å². The SMILES string of the molecule is Cc1cn(C2C=CCCC2)cn1. The fourth-order valence-electron chi connectivity index (χ4n) is 1.66. The lowest BCUT2D eigenvalue weighted by atomic mass is 10.0. The van der Waals surface area contributed by atoms with E-state index in [0.717, 1.165) is 5.69 Å². The summed E-state index contributed by atoms with van der Waals surface area (Å²) in [5, 5.41) is 0. The van der Waals surface area contributed by atoms with Crippen molar-refractivity contribution in [3.63, 3.8) is 0 Å². The quantitative estimate of drug-likeness (QED) is 0.580. The second-order valence-corrected chi connectivity index (χ2v) is 3.39. The third-order valence-corrected chi connectivity index (χ3v) is 2.34. The second-order valence-electron chi connectivity index (χ2n) is 3.39. The molecule has 1 aliphatic rings. The maximum Gasteiger partial charge on any atom is 0.0954 e. The van der Waals surface area contributed by atoms with E-state index in [4.69, 9.17) is 0 Å². The molecule has 0 fully saturated rings. The van der Waals surface area contributed by atoms with Crippen molar-refractivity contribution in [3.05, 3.63) is 30.4 Å². The number of imidazole rings is 1. The van der Waals surface area contributed by atoms with E-state index in [9.17, 15) is 0 Å². The van der Waals surface area contributed by atoms with Crippen molar-refractivity contribution in [2.24, 2.45) is 0 Å². The highest BCUT2D eigenvalue weighted by Gasteiger charge is 2.09. The maximum atomic E-state index is 4.22. The van der Waals surface area contributed by atoms with Gasteiger partial charge in [0.15, 0.2) is 0 Å². The number of allylic oxidation sites excluding steroid dienone is 2. The lowest BCUT2D eigenvalue weighted by molar-refractivity contribution is 0.517. The molecule has 1 aliphatic carbocycles. The first-order valence-corrected chi connectivity index (χ1v) is 4.53. The molecule has 0 N–H and O–H groups in total. The second kappa shape index (κ2) is 3.13. The Balaban J connectivity index is 2.18. The molecule has 0 radical (unpaired) electrons. The van der Waals surface area contributed by atoms with Gasteiger partial charge in [0.25, 0.3) is 0 Å². The highest BCUT2D eigenvalue weighted by atomic mass is 15.1. The fraction of sp³-hybridized carbons (Fsp3) is 0.500. The van der Waals surface area contributed by atoms with Crippen LogP contribution in [-0.4, -0.2) is 9.55 Å². The van der Waals surface area contributed by atoms with Crippen LogP contribution in [0.1, 0.15) is 31.0 Å². The lowest BCUT2D eigenvalue weighted by Gasteiger charge is -2.17. The molecule has 0 aliphatic heterocycles. The van der Waals surface area contributed by atoms with Gasteiger partial charge in [0.1, 0.15) is 0 Å². The third kappa shape index (κ3) is 1.42.